The first-order valence-corrected chi connectivity index (χ1v) is 6.16. The summed E-state index contributed by atoms with van der Waals surface area (Å²) in [6, 6.07) is -0.0783. The van der Waals surface area contributed by atoms with Gasteiger partial charge in [0.15, 0.2) is 5.82 Å². The number of amides is 1. The normalized spacial score (nSPS) is 26.1. The number of nitrogens with one attached hydrogen (secondary N) is 2. The van der Waals surface area contributed by atoms with E-state index in [1.807, 2.05) is 0 Å². The molecular weight excluding hydrogens is 220 g/mol. The van der Waals surface area contributed by atoms with Crippen molar-refractivity contribution in [2.45, 2.75) is 37.6 Å². The molecule has 1 unspecified atom stereocenters. The lowest BCUT2D eigenvalue weighted by molar-refractivity contribution is -0.119. The summed E-state index contributed by atoms with van der Waals surface area (Å²) in [6.07, 6.45) is 3.41. The first kappa shape index (κ1) is 10.7. The van der Waals surface area contributed by atoms with Gasteiger partial charge in [0.1, 0.15) is 6.04 Å². The highest BCUT2D eigenvalue weighted by Crippen LogP contribution is 2.26. The second-order valence-corrected chi connectivity index (χ2v) is 4.67. The number of nitrogens with zero attached hydrogens (tertiary/aromatic N) is 2. The predicted molar refractivity (Wildman–Crippen MR) is 59.3 cm³/mol. The van der Waals surface area contributed by atoms with Crippen LogP contribution >= 0.6 is 0 Å². The van der Waals surface area contributed by atoms with Crippen LogP contribution in [0.15, 0.2) is 4.52 Å². The standard InChI is InChI=1S/C11H16N4O2/c16-9-2-1-8(13-9)11-14-10(15-17-11)7-3-5-12-6-4-7/h7-8,12H,1-6H2,(H,13,16). The average Bonchev–Trinajstić information content (AvgIpc) is 2.98. The van der Waals surface area contributed by atoms with E-state index in [0.29, 0.717) is 18.2 Å². The monoisotopic (exact) mass is 236 g/mol. The van der Waals surface area contributed by atoms with Crippen molar-refractivity contribution in [3.63, 3.8) is 0 Å². The topological polar surface area (TPSA) is 80.1 Å². The molecule has 1 amide bonds. The van der Waals surface area contributed by atoms with Gasteiger partial charge in [0.05, 0.1) is 0 Å². The summed E-state index contributed by atoms with van der Waals surface area (Å²) >= 11 is 0. The van der Waals surface area contributed by atoms with Crippen LogP contribution in [0.1, 0.15) is 49.4 Å². The van der Waals surface area contributed by atoms with Crippen molar-refractivity contribution < 1.29 is 9.32 Å². The van der Waals surface area contributed by atoms with Crippen LogP contribution in [-0.2, 0) is 4.79 Å². The molecule has 2 N–H and O–H groups in total. The smallest absolute Gasteiger partial charge is 0.249 e. The SMILES string of the molecule is O=C1CCC(c2nc(C3CCNCC3)no2)N1. The number of piperidine rings is 1. The van der Waals surface area contributed by atoms with Gasteiger partial charge in [-0.25, -0.2) is 0 Å². The van der Waals surface area contributed by atoms with Crippen LogP contribution in [0.3, 0.4) is 0 Å². The van der Waals surface area contributed by atoms with E-state index >= 15 is 0 Å². The lowest BCUT2D eigenvalue weighted by Gasteiger charge is -2.19. The summed E-state index contributed by atoms with van der Waals surface area (Å²) in [4.78, 5) is 15.6. The Morgan fingerprint density at radius 2 is 2.06 bits per heavy atom. The van der Waals surface area contributed by atoms with E-state index in [1.54, 1.807) is 0 Å². The summed E-state index contributed by atoms with van der Waals surface area (Å²) < 4.78 is 5.25. The van der Waals surface area contributed by atoms with E-state index in [4.69, 9.17) is 4.52 Å². The molecule has 1 aromatic rings. The Balaban J connectivity index is 1.71. The summed E-state index contributed by atoms with van der Waals surface area (Å²) in [6.45, 7) is 2.02. The predicted octanol–water partition coefficient (Wildman–Crippen LogP) is 0.488. The van der Waals surface area contributed by atoms with E-state index in [-0.39, 0.29) is 11.9 Å². The van der Waals surface area contributed by atoms with Gasteiger partial charge in [-0.05, 0) is 32.4 Å². The zero-order valence-corrected chi connectivity index (χ0v) is 9.61. The molecular formula is C11H16N4O2. The van der Waals surface area contributed by atoms with Gasteiger partial charge in [0, 0.05) is 12.3 Å². The Labute approximate surface area is 99.2 Å². The average molecular weight is 236 g/mol. The highest BCUT2D eigenvalue weighted by molar-refractivity contribution is 5.78. The molecule has 0 aromatic carbocycles. The van der Waals surface area contributed by atoms with Crippen molar-refractivity contribution in [3.8, 4) is 0 Å². The molecule has 3 heterocycles. The Morgan fingerprint density at radius 3 is 2.76 bits per heavy atom. The van der Waals surface area contributed by atoms with Gasteiger partial charge in [0.25, 0.3) is 0 Å². The zero-order chi connectivity index (χ0) is 11.7. The van der Waals surface area contributed by atoms with Crippen molar-refractivity contribution in [1.82, 2.24) is 20.8 Å². The number of rotatable bonds is 2. The summed E-state index contributed by atoms with van der Waals surface area (Å²) in [5.74, 6) is 1.81. The number of hydrogen-bond acceptors (Lipinski definition) is 5. The van der Waals surface area contributed by atoms with Gasteiger partial charge < -0.3 is 15.2 Å². The largest absolute Gasteiger partial charge is 0.344 e. The van der Waals surface area contributed by atoms with E-state index in [0.717, 1.165) is 38.2 Å². The Morgan fingerprint density at radius 1 is 1.24 bits per heavy atom. The van der Waals surface area contributed by atoms with Crippen LogP contribution in [0.25, 0.3) is 0 Å². The molecule has 6 nitrogen and oxygen atoms in total. The molecule has 2 saturated heterocycles. The maximum atomic E-state index is 11.1. The molecule has 3 rings (SSSR count). The molecule has 6 heteroatoms. The first-order chi connectivity index (χ1) is 8.33. The molecule has 92 valence electrons. The highest BCUT2D eigenvalue weighted by Gasteiger charge is 2.29. The molecule has 1 atom stereocenters. The lowest BCUT2D eigenvalue weighted by atomic mass is 9.98. The zero-order valence-electron chi connectivity index (χ0n) is 9.61. The minimum absolute atomic E-state index is 0.0663. The molecule has 0 aliphatic carbocycles. The Kier molecular flexibility index (Phi) is 2.80. The molecule has 2 aliphatic rings. The number of hydrogen-bond donors (Lipinski definition) is 2. The van der Waals surface area contributed by atoms with Crippen molar-refractivity contribution in [2.75, 3.05) is 13.1 Å². The summed E-state index contributed by atoms with van der Waals surface area (Å²) in [7, 11) is 0. The number of aromatic nitrogens is 2. The van der Waals surface area contributed by atoms with Gasteiger partial charge in [-0.15, -0.1) is 0 Å². The van der Waals surface area contributed by atoms with Crippen LogP contribution in [-0.4, -0.2) is 29.1 Å². The molecule has 0 bridgehead atoms. The fourth-order valence-electron chi connectivity index (χ4n) is 2.43. The quantitative estimate of drug-likeness (QED) is 0.781. The minimum atomic E-state index is -0.0783. The fraction of sp³-hybridized carbons (Fsp3) is 0.727. The van der Waals surface area contributed by atoms with Gasteiger partial charge >= 0.3 is 0 Å². The van der Waals surface area contributed by atoms with Gasteiger partial charge in [0.2, 0.25) is 11.8 Å². The van der Waals surface area contributed by atoms with Crippen molar-refractivity contribution in [3.05, 3.63) is 11.7 Å². The highest BCUT2D eigenvalue weighted by atomic mass is 16.5. The summed E-state index contributed by atoms with van der Waals surface area (Å²) in [5, 5.41) is 10.2. The van der Waals surface area contributed by atoms with E-state index in [2.05, 4.69) is 20.8 Å². The maximum absolute atomic E-state index is 11.1. The minimum Gasteiger partial charge on any atom is -0.344 e. The Bertz CT molecular complexity index is 411. The van der Waals surface area contributed by atoms with Crippen molar-refractivity contribution in [1.29, 1.82) is 0 Å². The molecule has 2 aliphatic heterocycles. The van der Waals surface area contributed by atoms with E-state index < -0.39 is 0 Å². The van der Waals surface area contributed by atoms with Crippen LogP contribution in [0.2, 0.25) is 0 Å². The molecule has 2 fully saturated rings. The molecule has 17 heavy (non-hydrogen) atoms. The van der Waals surface area contributed by atoms with Crippen LogP contribution in [0.5, 0.6) is 0 Å². The number of carbonyl (C=O) groups excluding carboxylic acids is 1. The fourth-order valence-corrected chi connectivity index (χ4v) is 2.43. The number of carbonyl (C=O) groups is 1. The lowest BCUT2D eigenvalue weighted by Crippen LogP contribution is -2.27. The van der Waals surface area contributed by atoms with Crippen molar-refractivity contribution in [2.24, 2.45) is 0 Å². The van der Waals surface area contributed by atoms with Crippen LogP contribution in [0, 0.1) is 0 Å². The van der Waals surface area contributed by atoms with Gasteiger partial charge in [-0.2, -0.15) is 4.98 Å². The first-order valence-electron chi connectivity index (χ1n) is 6.16. The Hall–Kier alpha value is -1.43. The second kappa shape index (κ2) is 4.44. The molecule has 0 radical (unpaired) electrons. The van der Waals surface area contributed by atoms with E-state index in [1.165, 1.54) is 0 Å². The summed E-state index contributed by atoms with van der Waals surface area (Å²) in [5.41, 5.74) is 0. The molecule has 0 spiro atoms. The third kappa shape index (κ3) is 2.17. The maximum Gasteiger partial charge on any atom is 0.249 e. The van der Waals surface area contributed by atoms with E-state index in [9.17, 15) is 4.79 Å². The molecule has 1 aromatic heterocycles. The molecule has 0 saturated carbocycles. The van der Waals surface area contributed by atoms with Crippen LogP contribution in [0.4, 0.5) is 0 Å². The van der Waals surface area contributed by atoms with Gasteiger partial charge in [-0.3, -0.25) is 4.79 Å². The van der Waals surface area contributed by atoms with Crippen molar-refractivity contribution >= 4 is 5.91 Å². The third-order valence-electron chi connectivity index (χ3n) is 3.46. The van der Waals surface area contributed by atoms with Gasteiger partial charge in [-0.1, -0.05) is 5.16 Å². The van der Waals surface area contributed by atoms with Crippen LogP contribution < -0.4 is 10.6 Å². The third-order valence-corrected chi connectivity index (χ3v) is 3.46. The second-order valence-electron chi connectivity index (χ2n) is 4.67.